The minimum absolute atomic E-state index is 0.111. The highest BCUT2D eigenvalue weighted by Crippen LogP contribution is 2.09. The fraction of sp³-hybridized carbons (Fsp3) is 0.238. The van der Waals surface area contributed by atoms with E-state index < -0.39 is 0 Å². The van der Waals surface area contributed by atoms with Crippen molar-refractivity contribution >= 4 is 17.9 Å². The molecule has 0 spiro atoms. The number of nitrogens with one attached hydrogen (secondary N) is 2. The highest BCUT2D eigenvalue weighted by atomic mass is 19.1. The Morgan fingerprint density at radius 1 is 1.04 bits per heavy atom. The molecule has 0 saturated carbocycles. The second kappa shape index (κ2) is 10.2. The highest BCUT2D eigenvalue weighted by Gasteiger charge is 2.14. The molecule has 0 aliphatic carbocycles. The zero-order valence-corrected chi connectivity index (χ0v) is 15.5. The number of carbonyl (C=O) groups is 2. The molecule has 2 amide bonds. The molecule has 0 bridgehead atoms. The predicted molar refractivity (Wildman–Crippen MR) is 104 cm³/mol. The van der Waals surface area contributed by atoms with Crippen molar-refractivity contribution in [2.75, 3.05) is 27.2 Å². The Kier molecular flexibility index (Phi) is 7.70. The summed E-state index contributed by atoms with van der Waals surface area (Å²) in [6.45, 7) is 1.33. The van der Waals surface area contributed by atoms with Crippen molar-refractivity contribution in [3.05, 3.63) is 77.2 Å². The van der Waals surface area contributed by atoms with Gasteiger partial charge in [-0.1, -0.05) is 30.3 Å². The zero-order valence-electron chi connectivity index (χ0n) is 15.5. The average Bonchev–Trinajstić information content (AvgIpc) is 2.66. The van der Waals surface area contributed by atoms with Crippen LogP contribution in [0.15, 0.2) is 60.3 Å². The average molecular weight is 369 g/mol. The van der Waals surface area contributed by atoms with Gasteiger partial charge in [0.05, 0.1) is 0 Å². The lowest BCUT2D eigenvalue weighted by molar-refractivity contribution is -0.117. The summed E-state index contributed by atoms with van der Waals surface area (Å²) < 4.78 is 13.1. The molecule has 6 heteroatoms. The minimum atomic E-state index is -0.387. The smallest absolute Gasteiger partial charge is 0.267 e. The first kappa shape index (κ1) is 20.3. The van der Waals surface area contributed by atoms with Crippen LogP contribution in [0.5, 0.6) is 0 Å². The number of amides is 2. The summed E-state index contributed by atoms with van der Waals surface area (Å²) >= 11 is 0. The van der Waals surface area contributed by atoms with E-state index in [0.717, 1.165) is 13.0 Å². The molecular weight excluding hydrogens is 345 g/mol. The van der Waals surface area contributed by atoms with E-state index in [4.69, 9.17) is 0 Å². The Hall–Kier alpha value is -2.99. The number of benzene rings is 2. The number of carbonyl (C=O) groups excluding carboxylic acids is 2. The van der Waals surface area contributed by atoms with Gasteiger partial charge in [-0.15, -0.1) is 0 Å². The van der Waals surface area contributed by atoms with E-state index >= 15 is 0 Å². The molecule has 2 aromatic rings. The number of halogens is 1. The second-order valence-corrected chi connectivity index (χ2v) is 6.34. The third-order valence-corrected chi connectivity index (χ3v) is 3.78. The first-order chi connectivity index (χ1) is 13.0. The summed E-state index contributed by atoms with van der Waals surface area (Å²) in [6, 6.07) is 14.3. The van der Waals surface area contributed by atoms with Gasteiger partial charge in [0.1, 0.15) is 11.5 Å². The Bertz CT molecular complexity index is 787. The Labute approximate surface area is 158 Å². The lowest BCUT2D eigenvalue weighted by Crippen LogP contribution is -2.36. The van der Waals surface area contributed by atoms with Crippen LogP contribution in [0.4, 0.5) is 4.39 Å². The van der Waals surface area contributed by atoms with E-state index in [1.54, 1.807) is 36.4 Å². The first-order valence-electron chi connectivity index (χ1n) is 8.72. The van der Waals surface area contributed by atoms with E-state index in [2.05, 4.69) is 10.6 Å². The number of rotatable bonds is 8. The van der Waals surface area contributed by atoms with E-state index in [9.17, 15) is 14.0 Å². The van der Waals surface area contributed by atoms with Gasteiger partial charge >= 0.3 is 0 Å². The summed E-state index contributed by atoms with van der Waals surface area (Å²) in [7, 11) is 3.92. The molecule has 0 aliphatic heterocycles. The first-order valence-corrected chi connectivity index (χ1v) is 8.72. The van der Waals surface area contributed by atoms with Gasteiger partial charge < -0.3 is 15.5 Å². The lowest BCUT2D eigenvalue weighted by Gasteiger charge is -2.13. The van der Waals surface area contributed by atoms with Gasteiger partial charge in [-0.25, -0.2) is 4.39 Å². The third kappa shape index (κ3) is 7.03. The fourth-order valence-corrected chi connectivity index (χ4v) is 2.36. The molecule has 0 aliphatic rings. The maximum atomic E-state index is 13.1. The molecule has 2 rings (SSSR count). The molecule has 2 aromatic carbocycles. The van der Waals surface area contributed by atoms with Gasteiger partial charge in [0.2, 0.25) is 0 Å². The summed E-state index contributed by atoms with van der Waals surface area (Å²) in [5.74, 6) is -1.13. The number of hydrogen-bond donors (Lipinski definition) is 2. The van der Waals surface area contributed by atoms with Gasteiger partial charge in [-0.2, -0.15) is 0 Å². The summed E-state index contributed by atoms with van der Waals surface area (Å²) in [5, 5.41) is 5.46. The van der Waals surface area contributed by atoms with Crippen molar-refractivity contribution in [3.63, 3.8) is 0 Å². The van der Waals surface area contributed by atoms with Crippen molar-refractivity contribution in [2.24, 2.45) is 0 Å². The highest BCUT2D eigenvalue weighted by molar-refractivity contribution is 6.05. The maximum Gasteiger partial charge on any atom is 0.267 e. The fourth-order valence-electron chi connectivity index (χ4n) is 2.36. The van der Waals surface area contributed by atoms with E-state index in [-0.39, 0.29) is 23.3 Å². The van der Waals surface area contributed by atoms with Crippen LogP contribution in [0.1, 0.15) is 22.3 Å². The van der Waals surface area contributed by atoms with Gasteiger partial charge in [0.25, 0.3) is 11.8 Å². The van der Waals surface area contributed by atoms with Crippen LogP contribution in [0.3, 0.4) is 0 Å². The molecule has 0 atom stereocenters. The molecular formula is C21H24FN3O2. The van der Waals surface area contributed by atoms with Crippen molar-refractivity contribution in [1.29, 1.82) is 0 Å². The lowest BCUT2D eigenvalue weighted by atomic mass is 10.1. The third-order valence-electron chi connectivity index (χ3n) is 3.78. The van der Waals surface area contributed by atoms with E-state index in [1.807, 2.05) is 25.1 Å². The van der Waals surface area contributed by atoms with Gasteiger partial charge in [-0.05, 0) is 63.0 Å². The van der Waals surface area contributed by atoms with Crippen LogP contribution < -0.4 is 10.6 Å². The monoisotopic (exact) mass is 369 g/mol. The molecule has 142 valence electrons. The van der Waals surface area contributed by atoms with Crippen LogP contribution >= 0.6 is 0 Å². The largest absolute Gasteiger partial charge is 0.351 e. The molecule has 27 heavy (non-hydrogen) atoms. The van der Waals surface area contributed by atoms with E-state index in [0.29, 0.717) is 17.7 Å². The number of hydrogen-bond acceptors (Lipinski definition) is 3. The predicted octanol–water partition coefficient (Wildman–Crippen LogP) is 2.66. The summed E-state index contributed by atoms with van der Waals surface area (Å²) in [5.41, 5.74) is 1.17. The van der Waals surface area contributed by atoms with Crippen molar-refractivity contribution < 1.29 is 14.0 Å². The number of nitrogens with zero attached hydrogens (tertiary/aromatic N) is 1. The van der Waals surface area contributed by atoms with Crippen LogP contribution in [0, 0.1) is 5.82 Å². The minimum Gasteiger partial charge on any atom is -0.351 e. The zero-order chi connectivity index (χ0) is 19.6. The van der Waals surface area contributed by atoms with Crippen molar-refractivity contribution in [3.8, 4) is 0 Å². The molecule has 2 N–H and O–H groups in total. The molecule has 0 fully saturated rings. The van der Waals surface area contributed by atoms with Gasteiger partial charge in [0, 0.05) is 12.1 Å². The second-order valence-electron chi connectivity index (χ2n) is 6.34. The quantitative estimate of drug-likeness (QED) is 0.556. The van der Waals surface area contributed by atoms with Crippen LogP contribution in [-0.2, 0) is 4.79 Å². The molecule has 0 radical (unpaired) electrons. The van der Waals surface area contributed by atoms with Crippen LogP contribution in [0.25, 0.3) is 6.08 Å². The van der Waals surface area contributed by atoms with Gasteiger partial charge in [0.15, 0.2) is 0 Å². The van der Waals surface area contributed by atoms with E-state index in [1.165, 1.54) is 18.2 Å². The Morgan fingerprint density at radius 2 is 1.70 bits per heavy atom. The van der Waals surface area contributed by atoms with Crippen molar-refractivity contribution in [1.82, 2.24) is 15.5 Å². The van der Waals surface area contributed by atoms with Crippen molar-refractivity contribution in [2.45, 2.75) is 6.42 Å². The topological polar surface area (TPSA) is 61.4 Å². The van der Waals surface area contributed by atoms with Gasteiger partial charge in [-0.3, -0.25) is 9.59 Å². The molecule has 0 saturated heterocycles. The molecule has 0 unspecified atom stereocenters. The van der Waals surface area contributed by atoms with Crippen LogP contribution in [0.2, 0.25) is 0 Å². The Morgan fingerprint density at radius 3 is 2.33 bits per heavy atom. The summed E-state index contributed by atoms with van der Waals surface area (Å²) in [4.78, 5) is 27.0. The van der Waals surface area contributed by atoms with Crippen LogP contribution in [-0.4, -0.2) is 43.9 Å². The SMILES string of the molecule is CN(C)CCCNC(=O)C(=Cc1ccc(F)cc1)NC(=O)c1ccccc1. The normalized spacial score (nSPS) is 11.3. The summed E-state index contributed by atoms with van der Waals surface area (Å²) in [6.07, 6.45) is 2.32. The maximum absolute atomic E-state index is 13.1. The molecule has 0 heterocycles. The molecule has 0 aromatic heterocycles. The Balaban J connectivity index is 2.13. The standard InChI is InChI=1S/C21H24FN3O2/c1-25(2)14-6-13-23-21(27)19(15-16-9-11-18(22)12-10-16)24-20(26)17-7-4-3-5-8-17/h3-5,7-12,15H,6,13-14H2,1-2H3,(H,23,27)(H,24,26). The molecule has 5 nitrogen and oxygen atoms in total.